The van der Waals surface area contributed by atoms with Crippen LogP contribution in [0.15, 0.2) is 18.2 Å². The number of benzene rings is 1. The van der Waals surface area contributed by atoms with E-state index < -0.39 is 17.7 Å². The minimum Gasteiger partial charge on any atom is -0.465 e. The van der Waals surface area contributed by atoms with Crippen molar-refractivity contribution >= 4 is 6.09 Å². The van der Waals surface area contributed by atoms with E-state index in [0.717, 1.165) is 17.0 Å². The first kappa shape index (κ1) is 10.4. The van der Waals surface area contributed by atoms with Crippen LogP contribution < -0.4 is 0 Å². The summed E-state index contributed by atoms with van der Waals surface area (Å²) in [4.78, 5) is 11.3. The fourth-order valence-electron chi connectivity index (χ4n) is 0.973. The van der Waals surface area contributed by atoms with Gasteiger partial charge in [-0.3, -0.25) is 0 Å². The highest BCUT2D eigenvalue weighted by atomic mass is 19.1. The van der Waals surface area contributed by atoms with Crippen LogP contribution in [0.4, 0.5) is 13.6 Å². The summed E-state index contributed by atoms with van der Waals surface area (Å²) in [6, 6.07) is 3.04. The summed E-state index contributed by atoms with van der Waals surface area (Å²) >= 11 is 0. The lowest BCUT2D eigenvalue weighted by Gasteiger charge is -2.13. The van der Waals surface area contributed by atoms with E-state index >= 15 is 0 Å². The Kier molecular flexibility index (Phi) is 3.01. The van der Waals surface area contributed by atoms with Crippen LogP contribution in [0.25, 0.3) is 0 Å². The van der Waals surface area contributed by atoms with Gasteiger partial charge in [0.1, 0.15) is 11.6 Å². The number of carbonyl (C=O) groups is 1. The molecule has 0 spiro atoms. The smallest absolute Gasteiger partial charge is 0.407 e. The van der Waals surface area contributed by atoms with Crippen molar-refractivity contribution in [2.45, 2.75) is 6.54 Å². The van der Waals surface area contributed by atoms with Crippen LogP contribution in [0.5, 0.6) is 0 Å². The van der Waals surface area contributed by atoms with Gasteiger partial charge in [-0.1, -0.05) is 6.07 Å². The SMILES string of the molecule is CN(Cc1ccc(F)cc1F)C(=O)O. The third-order valence-electron chi connectivity index (χ3n) is 1.75. The summed E-state index contributed by atoms with van der Waals surface area (Å²) in [5.74, 6) is -1.41. The van der Waals surface area contributed by atoms with Crippen molar-refractivity contribution in [1.29, 1.82) is 0 Å². The normalized spacial score (nSPS) is 9.93. The maximum atomic E-state index is 13.0. The van der Waals surface area contributed by atoms with E-state index in [2.05, 4.69) is 0 Å². The maximum absolute atomic E-state index is 13.0. The van der Waals surface area contributed by atoms with E-state index in [1.807, 2.05) is 0 Å². The fourth-order valence-corrected chi connectivity index (χ4v) is 0.973. The van der Waals surface area contributed by atoms with E-state index in [0.29, 0.717) is 0 Å². The van der Waals surface area contributed by atoms with Gasteiger partial charge < -0.3 is 10.0 Å². The van der Waals surface area contributed by atoms with Crippen LogP contribution in [0.3, 0.4) is 0 Å². The Morgan fingerprint density at radius 1 is 1.50 bits per heavy atom. The molecule has 1 rings (SSSR count). The molecule has 0 aliphatic rings. The number of hydrogen-bond acceptors (Lipinski definition) is 1. The van der Waals surface area contributed by atoms with Gasteiger partial charge in [-0.05, 0) is 6.07 Å². The molecule has 0 aromatic heterocycles. The van der Waals surface area contributed by atoms with E-state index in [-0.39, 0.29) is 12.1 Å². The first-order valence-corrected chi connectivity index (χ1v) is 3.88. The Bertz CT molecular complexity index is 355. The molecule has 5 heteroatoms. The minimum absolute atomic E-state index is 0.0958. The summed E-state index contributed by atoms with van der Waals surface area (Å²) in [5.41, 5.74) is 0.149. The van der Waals surface area contributed by atoms with E-state index in [1.165, 1.54) is 13.1 Å². The van der Waals surface area contributed by atoms with Gasteiger partial charge in [-0.25, -0.2) is 13.6 Å². The molecule has 0 radical (unpaired) electrons. The van der Waals surface area contributed by atoms with Gasteiger partial charge in [0.2, 0.25) is 0 Å². The van der Waals surface area contributed by atoms with Crippen LogP contribution in [-0.2, 0) is 6.54 Å². The van der Waals surface area contributed by atoms with Crippen molar-refractivity contribution in [3.05, 3.63) is 35.4 Å². The standard InChI is InChI=1S/C9H9F2NO2/c1-12(9(13)14)5-6-2-3-7(10)4-8(6)11/h2-4H,5H2,1H3,(H,13,14). The Morgan fingerprint density at radius 3 is 2.64 bits per heavy atom. The van der Waals surface area contributed by atoms with Crippen molar-refractivity contribution in [3.63, 3.8) is 0 Å². The van der Waals surface area contributed by atoms with Crippen molar-refractivity contribution in [2.75, 3.05) is 7.05 Å². The first-order valence-electron chi connectivity index (χ1n) is 3.88. The van der Waals surface area contributed by atoms with Gasteiger partial charge in [-0.15, -0.1) is 0 Å². The van der Waals surface area contributed by atoms with Crippen molar-refractivity contribution < 1.29 is 18.7 Å². The van der Waals surface area contributed by atoms with Gasteiger partial charge in [0.15, 0.2) is 0 Å². The Labute approximate surface area is 79.6 Å². The molecule has 0 saturated carbocycles. The lowest BCUT2D eigenvalue weighted by Crippen LogP contribution is -2.24. The van der Waals surface area contributed by atoms with Gasteiger partial charge in [0.05, 0.1) is 6.54 Å². The average molecular weight is 201 g/mol. The molecular formula is C9H9F2NO2. The molecule has 0 atom stereocenters. The highest BCUT2D eigenvalue weighted by Crippen LogP contribution is 2.11. The predicted molar refractivity (Wildman–Crippen MR) is 45.8 cm³/mol. The van der Waals surface area contributed by atoms with E-state index in [4.69, 9.17) is 5.11 Å². The minimum atomic E-state index is -1.16. The summed E-state index contributed by atoms with van der Waals surface area (Å²) in [6.45, 7) is -0.0958. The number of nitrogens with zero attached hydrogens (tertiary/aromatic N) is 1. The second-order valence-corrected chi connectivity index (χ2v) is 2.87. The lowest BCUT2D eigenvalue weighted by atomic mass is 10.2. The molecule has 1 aromatic carbocycles. The van der Waals surface area contributed by atoms with Crippen molar-refractivity contribution in [1.82, 2.24) is 4.90 Å². The van der Waals surface area contributed by atoms with Crippen molar-refractivity contribution in [3.8, 4) is 0 Å². The average Bonchev–Trinajstić information content (AvgIpc) is 2.09. The third kappa shape index (κ3) is 2.42. The first-order chi connectivity index (χ1) is 6.50. The Balaban J connectivity index is 2.82. The molecule has 14 heavy (non-hydrogen) atoms. The molecule has 0 heterocycles. The summed E-state index contributed by atoms with van der Waals surface area (Å²) in [5, 5.41) is 8.52. The zero-order valence-electron chi connectivity index (χ0n) is 7.50. The van der Waals surface area contributed by atoms with Gasteiger partial charge in [-0.2, -0.15) is 0 Å². The number of carboxylic acid groups (broad SMARTS) is 1. The number of rotatable bonds is 2. The Hall–Kier alpha value is -1.65. The zero-order chi connectivity index (χ0) is 10.7. The van der Waals surface area contributed by atoms with Gasteiger partial charge in [0, 0.05) is 18.7 Å². The third-order valence-corrected chi connectivity index (χ3v) is 1.75. The van der Waals surface area contributed by atoms with Crippen molar-refractivity contribution in [2.24, 2.45) is 0 Å². The molecule has 1 amide bonds. The van der Waals surface area contributed by atoms with Crippen LogP contribution in [0.2, 0.25) is 0 Å². The summed E-state index contributed by atoms with van der Waals surface area (Å²) in [7, 11) is 1.31. The highest BCUT2D eigenvalue weighted by molar-refractivity contribution is 5.64. The van der Waals surface area contributed by atoms with Gasteiger partial charge >= 0.3 is 6.09 Å². The van der Waals surface area contributed by atoms with Crippen LogP contribution in [0, 0.1) is 11.6 Å². The van der Waals surface area contributed by atoms with Crippen LogP contribution in [0.1, 0.15) is 5.56 Å². The lowest BCUT2D eigenvalue weighted by molar-refractivity contribution is 0.153. The molecule has 76 valence electrons. The molecule has 1 aromatic rings. The largest absolute Gasteiger partial charge is 0.465 e. The molecule has 1 N–H and O–H groups in total. The van der Waals surface area contributed by atoms with Gasteiger partial charge in [0.25, 0.3) is 0 Å². The second kappa shape index (κ2) is 4.04. The maximum Gasteiger partial charge on any atom is 0.407 e. The molecule has 0 aliphatic heterocycles. The molecule has 3 nitrogen and oxygen atoms in total. The second-order valence-electron chi connectivity index (χ2n) is 2.87. The summed E-state index contributed by atoms with van der Waals surface area (Å²) < 4.78 is 25.5. The quantitative estimate of drug-likeness (QED) is 0.795. The molecule has 0 saturated heterocycles. The molecule has 0 aliphatic carbocycles. The monoisotopic (exact) mass is 201 g/mol. The molecule has 0 fully saturated rings. The molecule has 0 unspecified atom stereocenters. The fraction of sp³-hybridized carbons (Fsp3) is 0.222. The molecular weight excluding hydrogens is 192 g/mol. The predicted octanol–water partition coefficient (Wildman–Crippen LogP) is 2.07. The van der Waals surface area contributed by atoms with Crippen LogP contribution in [-0.4, -0.2) is 23.1 Å². The van der Waals surface area contributed by atoms with E-state index in [9.17, 15) is 13.6 Å². The topological polar surface area (TPSA) is 40.5 Å². The zero-order valence-corrected chi connectivity index (χ0v) is 7.50. The number of halogens is 2. The Morgan fingerprint density at radius 2 is 2.14 bits per heavy atom. The number of hydrogen-bond donors (Lipinski definition) is 1. The number of amides is 1. The molecule has 0 bridgehead atoms. The van der Waals surface area contributed by atoms with Crippen LogP contribution >= 0.6 is 0 Å². The van der Waals surface area contributed by atoms with E-state index in [1.54, 1.807) is 0 Å². The summed E-state index contributed by atoms with van der Waals surface area (Å²) in [6.07, 6.45) is -1.16. The highest BCUT2D eigenvalue weighted by Gasteiger charge is 2.10.